The van der Waals surface area contributed by atoms with Crippen LogP contribution in [0.5, 0.6) is 0 Å². The van der Waals surface area contributed by atoms with E-state index in [1.54, 1.807) is 0 Å². The highest BCUT2D eigenvalue weighted by molar-refractivity contribution is 6.99. The average molecular weight is 554 g/mol. The van der Waals surface area contributed by atoms with Gasteiger partial charge in [0.25, 0.3) is 0 Å². The number of para-hydroxylation sites is 2. The molecule has 6 aromatic carbocycles. The van der Waals surface area contributed by atoms with Crippen LogP contribution in [0.3, 0.4) is 0 Å². The number of aryl methyl sites for hydroxylation is 1. The predicted molar refractivity (Wildman–Crippen MR) is 187 cm³/mol. The van der Waals surface area contributed by atoms with Crippen molar-refractivity contribution >= 4 is 40.2 Å². The van der Waals surface area contributed by atoms with Gasteiger partial charge in [0.05, 0.1) is 0 Å². The van der Waals surface area contributed by atoms with Crippen LogP contribution < -0.4 is 21.3 Å². The van der Waals surface area contributed by atoms with Crippen molar-refractivity contribution in [1.29, 1.82) is 0 Å². The molecule has 0 N–H and O–H groups in total. The first kappa shape index (κ1) is 27.0. The van der Waals surface area contributed by atoms with E-state index in [2.05, 4.69) is 178 Å². The van der Waals surface area contributed by atoms with Crippen molar-refractivity contribution in [1.82, 2.24) is 0 Å². The van der Waals surface area contributed by atoms with Crippen LogP contribution in [0.25, 0.3) is 22.3 Å². The maximum atomic E-state index is 2.48. The molecule has 0 aromatic heterocycles. The highest BCUT2D eigenvalue weighted by Crippen LogP contribution is 2.38. The zero-order chi connectivity index (χ0) is 29.6. The molecule has 2 heteroatoms. The largest absolute Gasteiger partial charge is 0.312 e. The smallest absolute Gasteiger partial charge is 0.248 e. The van der Waals surface area contributed by atoms with Crippen molar-refractivity contribution < 1.29 is 0 Å². The molecule has 0 unspecified atom stereocenters. The SMILES string of the molecule is Cc1cccc(-c2cccc(-c3ccccc3)c2B2c3ccccc3N(c3ccccc3)c3ccc(C(C)(C)C)cc32)c1. The van der Waals surface area contributed by atoms with Gasteiger partial charge in [-0.3, -0.25) is 0 Å². The Hall–Kier alpha value is -4.82. The molecule has 0 radical (unpaired) electrons. The lowest BCUT2D eigenvalue weighted by atomic mass is 9.33. The molecular formula is C41H36BN. The summed E-state index contributed by atoms with van der Waals surface area (Å²) < 4.78 is 0. The van der Waals surface area contributed by atoms with E-state index in [0.717, 1.165) is 0 Å². The Labute approximate surface area is 256 Å². The molecule has 0 aliphatic carbocycles. The molecule has 0 spiro atoms. The Morgan fingerprint density at radius 1 is 0.512 bits per heavy atom. The molecule has 1 aliphatic rings. The van der Waals surface area contributed by atoms with Gasteiger partial charge in [0, 0.05) is 17.1 Å². The quantitative estimate of drug-likeness (QED) is 0.197. The summed E-state index contributed by atoms with van der Waals surface area (Å²) in [6.45, 7) is 9.16. The second-order valence-corrected chi connectivity index (χ2v) is 12.7. The minimum Gasteiger partial charge on any atom is -0.312 e. The molecule has 7 rings (SSSR count). The van der Waals surface area contributed by atoms with E-state index in [4.69, 9.17) is 0 Å². The monoisotopic (exact) mass is 553 g/mol. The van der Waals surface area contributed by atoms with Crippen LogP contribution in [0.1, 0.15) is 31.9 Å². The summed E-state index contributed by atoms with van der Waals surface area (Å²) >= 11 is 0. The zero-order valence-electron chi connectivity index (χ0n) is 25.4. The van der Waals surface area contributed by atoms with E-state index in [0.29, 0.717) is 0 Å². The van der Waals surface area contributed by atoms with Gasteiger partial charge in [-0.05, 0) is 75.3 Å². The molecule has 0 saturated heterocycles. The normalized spacial score (nSPS) is 12.6. The maximum absolute atomic E-state index is 2.48. The topological polar surface area (TPSA) is 3.24 Å². The molecular weight excluding hydrogens is 517 g/mol. The van der Waals surface area contributed by atoms with Gasteiger partial charge in [-0.15, -0.1) is 0 Å². The van der Waals surface area contributed by atoms with Gasteiger partial charge < -0.3 is 4.90 Å². The first-order valence-corrected chi connectivity index (χ1v) is 15.2. The zero-order valence-corrected chi connectivity index (χ0v) is 25.4. The first-order valence-electron chi connectivity index (χ1n) is 15.2. The molecule has 1 nitrogen and oxygen atoms in total. The van der Waals surface area contributed by atoms with Crippen molar-refractivity contribution in [3.8, 4) is 22.3 Å². The third-order valence-electron chi connectivity index (χ3n) is 8.76. The number of nitrogens with zero attached hydrogens (tertiary/aromatic N) is 1. The Balaban J connectivity index is 1.60. The molecule has 0 amide bonds. The first-order chi connectivity index (χ1) is 20.9. The minimum atomic E-state index is 0.0203. The van der Waals surface area contributed by atoms with Gasteiger partial charge in [0.15, 0.2) is 0 Å². The number of fused-ring (bicyclic) bond motifs is 2. The second kappa shape index (κ2) is 10.8. The minimum absolute atomic E-state index is 0.0203. The number of anilines is 3. The van der Waals surface area contributed by atoms with Gasteiger partial charge in [-0.25, -0.2) is 0 Å². The van der Waals surface area contributed by atoms with Crippen LogP contribution in [0.15, 0.2) is 146 Å². The fraction of sp³-hybridized carbons (Fsp3) is 0.122. The molecule has 43 heavy (non-hydrogen) atoms. The van der Waals surface area contributed by atoms with Gasteiger partial charge in [-0.2, -0.15) is 0 Å². The predicted octanol–water partition coefficient (Wildman–Crippen LogP) is 8.93. The Kier molecular flexibility index (Phi) is 6.78. The Morgan fingerprint density at radius 2 is 1.12 bits per heavy atom. The molecule has 6 aromatic rings. The van der Waals surface area contributed by atoms with E-state index in [-0.39, 0.29) is 12.1 Å². The average Bonchev–Trinajstić information content (AvgIpc) is 3.03. The number of benzene rings is 6. The lowest BCUT2D eigenvalue weighted by Crippen LogP contribution is -2.58. The summed E-state index contributed by atoms with van der Waals surface area (Å²) in [5.41, 5.74) is 15.3. The van der Waals surface area contributed by atoms with Crippen LogP contribution in [0.4, 0.5) is 17.1 Å². The van der Waals surface area contributed by atoms with Crippen LogP contribution >= 0.6 is 0 Å². The Bertz CT molecular complexity index is 1920. The van der Waals surface area contributed by atoms with Gasteiger partial charge in [-0.1, -0.05) is 153 Å². The van der Waals surface area contributed by atoms with Gasteiger partial charge >= 0.3 is 0 Å². The van der Waals surface area contributed by atoms with Crippen LogP contribution in [-0.4, -0.2) is 6.71 Å². The van der Waals surface area contributed by atoms with E-state index < -0.39 is 0 Å². The van der Waals surface area contributed by atoms with E-state index in [1.807, 2.05) is 0 Å². The number of hydrogen-bond acceptors (Lipinski definition) is 1. The number of rotatable bonds is 4. The van der Waals surface area contributed by atoms with Crippen molar-refractivity contribution in [3.63, 3.8) is 0 Å². The van der Waals surface area contributed by atoms with Crippen LogP contribution in [0.2, 0.25) is 0 Å². The van der Waals surface area contributed by atoms with Crippen LogP contribution in [0, 0.1) is 6.92 Å². The van der Waals surface area contributed by atoms with E-state index >= 15 is 0 Å². The van der Waals surface area contributed by atoms with Crippen molar-refractivity contribution in [2.75, 3.05) is 4.90 Å². The van der Waals surface area contributed by atoms with Crippen molar-refractivity contribution in [2.45, 2.75) is 33.1 Å². The van der Waals surface area contributed by atoms with E-state index in [1.165, 1.54) is 66.8 Å². The van der Waals surface area contributed by atoms with Gasteiger partial charge in [0.1, 0.15) is 0 Å². The Morgan fingerprint density at radius 3 is 1.84 bits per heavy atom. The lowest BCUT2D eigenvalue weighted by Gasteiger charge is -2.39. The van der Waals surface area contributed by atoms with Crippen LogP contribution in [-0.2, 0) is 5.41 Å². The molecule has 0 saturated carbocycles. The standard InChI is InChI=1S/C41H36BN/c1-29-15-13-18-31(27-29)35-22-14-21-34(30-16-7-5-8-17-30)40(35)42-36-23-11-12-24-38(36)43(33-19-9-6-10-20-33)39-26-25-32(28-37(39)42)41(2,3)4/h5-28H,1-4H3. The summed E-state index contributed by atoms with van der Waals surface area (Å²) in [5.74, 6) is 0. The molecule has 208 valence electrons. The van der Waals surface area contributed by atoms with Gasteiger partial charge in [0.2, 0.25) is 6.71 Å². The lowest BCUT2D eigenvalue weighted by molar-refractivity contribution is 0.591. The fourth-order valence-corrected chi connectivity index (χ4v) is 6.66. The highest BCUT2D eigenvalue weighted by Gasteiger charge is 2.38. The third kappa shape index (κ3) is 4.87. The summed E-state index contributed by atoms with van der Waals surface area (Å²) in [4.78, 5) is 2.45. The maximum Gasteiger partial charge on any atom is 0.248 e. The van der Waals surface area contributed by atoms with Crippen molar-refractivity contribution in [3.05, 3.63) is 157 Å². The molecule has 1 aliphatic heterocycles. The molecule has 1 heterocycles. The fourth-order valence-electron chi connectivity index (χ4n) is 6.66. The summed E-state index contributed by atoms with van der Waals surface area (Å²) in [6, 6.07) is 53.6. The summed E-state index contributed by atoms with van der Waals surface area (Å²) in [7, 11) is 0. The third-order valence-corrected chi connectivity index (χ3v) is 8.76. The molecule has 0 bridgehead atoms. The second-order valence-electron chi connectivity index (χ2n) is 12.7. The summed E-state index contributed by atoms with van der Waals surface area (Å²) in [5, 5.41) is 0. The summed E-state index contributed by atoms with van der Waals surface area (Å²) in [6.07, 6.45) is 0. The van der Waals surface area contributed by atoms with E-state index in [9.17, 15) is 0 Å². The van der Waals surface area contributed by atoms with Crippen molar-refractivity contribution in [2.24, 2.45) is 0 Å². The number of hydrogen-bond donors (Lipinski definition) is 0. The molecule has 0 fully saturated rings. The highest BCUT2D eigenvalue weighted by atomic mass is 15.1. The molecule has 0 atom stereocenters.